The number of hydrogen-bond donors (Lipinski definition) is 4. The largest absolute Gasteiger partial charge is 0.394 e. The molecular formula is C16H24N2O3. The predicted molar refractivity (Wildman–Crippen MR) is 80.6 cm³/mol. The van der Waals surface area contributed by atoms with E-state index in [0.29, 0.717) is 11.5 Å². The van der Waals surface area contributed by atoms with Crippen LogP contribution in [-0.2, 0) is 4.79 Å². The van der Waals surface area contributed by atoms with Gasteiger partial charge in [0.2, 0.25) is 5.91 Å². The second-order valence-electron chi connectivity index (χ2n) is 5.79. The Hall–Kier alpha value is -1.43. The summed E-state index contributed by atoms with van der Waals surface area (Å²) < 4.78 is 0. The Balaban J connectivity index is 1.96. The standard InChI is InChI=1S/C16H24N2O3/c1-11-7-8-17-13(9-11)16(21)18-14(10-19)15(20)12-5-3-2-4-6-12/h2-6,11,13-15,17,19-20H,7-10H2,1H3,(H,18,21). The van der Waals surface area contributed by atoms with Crippen LogP contribution in [-0.4, -0.2) is 41.4 Å². The third-order valence-corrected chi connectivity index (χ3v) is 4.03. The van der Waals surface area contributed by atoms with Gasteiger partial charge >= 0.3 is 0 Å². The van der Waals surface area contributed by atoms with Crippen LogP contribution in [0.2, 0.25) is 0 Å². The summed E-state index contributed by atoms with van der Waals surface area (Å²) in [6.45, 7) is 2.65. The van der Waals surface area contributed by atoms with E-state index in [9.17, 15) is 15.0 Å². The maximum Gasteiger partial charge on any atom is 0.237 e. The lowest BCUT2D eigenvalue weighted by molar-refractivity contribution is -0.126. The average molecular weight is 292 g/mol. The molecule has 0 radical (unpaired) electrons. The average Bonchev–Trinajstić information content (AvgIpc) is 2.52. The zero-order valence-electron chi connectivity index (χ0n) is 12.3. The molecule has 0 saturated carbocycles. The summed E-state index contributed by atoms with van der Waals surface area (Å²) in [6, 6.07) is 8.11. The summed E-state index contributed by atoms with van der Waals surface area (Å²) in [5.41, 5.74) is 0.682. The van der Waals surface area contributed by atoms with Crippen molar-refractivity contribution >= 4 is 5.91 Å². The van der Waals surface area contributed by atoms with E-state index in [1.165, 1.54) is 0 Å². The van der Waals surface area contributed by atoms with Crippen molar-refractivity contribution in [3.05, 3.63) is 35.9 Å². The second-order valence-corrected chi connectivity index (χ2v) is 5.79. The zero-order chi connectivity index (χ0) is 15.2. The van der Waals surface area contributed by atoms with Crippen LogP contribution >= 0.6 is 0 Å². The smallest absolute Gasteiger partial charge is 0.237 e. The molecule has 0 spiro atoms. The molecule has 0 aliphatic carbocycles. The van der Waals surface area contributed by atoms with Crippen molar-refractivity contribution in [2.45, 2.75) is 38.0 Å². The monoisotopic (exact) mass is 292 g/mol. The molecule has 4 unspecified atom stereocenters. The minimum Gasteiger partial charge on any atom is -0.394 e. The molecule has 116 valence electrons. The van der Waals surface area contributed by atoms with Crippen molar-refractivity contribution in [3.8, 4) is 0 Å². The molecule has 21 heavy (non-hydrogen) atoms. The van der Waals surface area contributed by atoms with Gasteiger partial charge in [0.1, 0.15) is 6.10 Å². The van der Waals surface area contributed by atoms with E-state index in [1.807, 2.05) is 18.2 Å². The molecule has 0 bridgehead atoms. The molecule has 1 aliphatic heterocycles. The van der Waals surface area contributed by atoms with Crippen molar-refractivity contribution in [3.63, 3.8) is 0 Å². The Kier molecular flexibility index (Phi) is 5.73. The normalized spacial score (nSPS) is 25.1. The van der Waals surface area contributed by atoms with Crippen LogP contribution in [0.3, 0.4) is 0 Å². The van der Waals surface area contributed by atoms with Gasteiger partial charge in [-0.1, -0.05) is 37.3 Å². The van der Waals surface area contributed by atoms with Crippen LogP contribution in [0.25, 0.3) is 0 Å². The van der Waals surface area contributed by atoms with E-state index in [-0.39, 0.29) is 18.6 Å². The topological polar surface area (TPSA) is 81.6 Å². The highest BCUT2D eigenvalue weighted by atomic mass is 16.3. The first-order valence-corrected chi connectivity index (χ1v) is 7.49. The van der Waals surface area contributed by atoms with Crippen LogP contribution in [0.1, 0.15) is 31.4 Å². The molecule has 1 aromatic rings. The molecule has 0 aromatic heterocycles. The van der Waals surface area contributed by atoms with Gasteiger partial charge in [0, 0.05) is 0 Å². The van der Waals surface area contributed by atoms with Gasteiger partial charge in [0.05, 0.1) is 18.7 Å². The molecular weight excluding hydrogens is 268 g/mol. The Morgan fingerprint density at radius 3 is 2.76 bits per heavy atom. The summed E-state index contributed by atoms with van der Waals surface area (Å²) in [6.07, 6.45) is 0.937. The number of aliphatic hydroxyl groups excluding tert-OH is 2. The van der Waals surface area contributed by atoms with Gasteiger partial charge in [-0.2, -0.15) is 0 Å². The molecule has 1 saturated heterocycles. The molecule has 2 rings (SSSR count). The molecule has 1 fully saturated rings. The number of amides is 1. The number of carbonyl (C=O) groups is 1. The Bertz CT molecular complexity index is 452. The lowest BCUT2D eigenvalue weighted by Crippen LogP contribution is -2.53. The summed E-state index contributed by atoms with van der Waals surface area (Å²) in [5.74, 6) is 0.351. The molecule has 4 atom stereocenters. The number of nitrogens with one attached hydrogen (secondary N) is 2. The van der Waals surface area contributed by atoms with Gasteiger partial charge in [-0.05, 0) is 30.9 Å². The number of hydrogen-bond acceptors (Lipinski definition) is 4. The Morgan fingerprint density at radius 2 is 2.14 bits per heavy atom. The molecule has 4 N–H and O–H groups in total. The molecule has 5 nitrogen and oxygen atoms in total. The highest BCUT2D eigenvalue weighted by Gasteiger charge is 2.28. The van der Waals surface area contributed by atoms with Gasteiger partial charge in [-0.15, -0.1) is 0 Å². The lowest BCUT2D eigenvalue weighted by atomic mass is 9.93. The Morgan fingerprint density at radius 1 is 1.43 bits per heavy atom. The van der Waals surface area contributed by atoms with E-state index in [1.54, 1.807) is 12.1 Å². The maximum atomic E-state index is 12.3. The number of piperidine rings is 1. The quantitative estimate of drug-likeness (QED) is 0.640. The van der Waals surface area contributed by atoms with E-state index < -0.39 is 12.1 Å². The van der Waals surface area contributed by atoms with Gasteiger partial charge in [-0.3, -0.25) is 4.79 Å². The molecule has 5 heteroatoms. The fourth-order valence-corrected chi connectivity index (χ4v) is 2.70. The number of aliphatic hydroxyl groups is 2. The van der Waals surface area contributed by atoms with Gasteiger partial charge in [-0.25, -0.2) is 0 Å². The first-order chi connectivity index (χ1) is 10.1. The molecule has 1 heterocycles. The van der Waals surface area contributed by atoms with Crippen LogP contribution in [0, 0.1) is 5.92 Å². The fourth-order valence-electron chi connectivity index (χ4n) is 2.70. The number of carbonyl (C=O) groups excluding carboxylic acids is 1. The van der Waals surface area contributed by atoms with Crippen molar-refractivity contribution in [2.75, 3.05) is 13.2 Å². The molecule has 1 amide bonds. The first kappa shape index (κ1) is 15.9. The van der Waals surface area contributed by atoms with Crippen LogP contribution in [0.5, 0.6) is 0 Å². The Labute approximate surface area is 125 Å². The van der Waals surface area contributed by atoms with E-state index in [0.717, 1.165) is 19.4 Å². The van der Waals surface area contributed by atoms with Crippen molar-refractivity contribution in [1.82, 2.24) is 10.6 Å². The van der Waals surface area contributed by atoms with Gasteiger partial charge in [0.15, 0.2) is 0 Å². The predicted octanol–water partition coefficient (Wildman–Crippen LogP) is 0.585. The van der Waals surface area contributed by atoms with Gasteiger partial charge < -0.3 is 20.8 Å². The summed E-state index contributed by atoms with van der Waals surface area (Å²) in [4.78, 5) is 12.3. The minimum absolute atomic E-state index is 0.157. The fraction of sp³-hybridized carbons (Fsp3) is 0.562. The number of benzene rings is 1. The molecule has 1 aromatic carbocycles. The summed E-state index contributed by atoms with van der Waals surface area (Å²) in [7, 11) is 0. The SMILES string of the molecule is CC1CCNC(C(=O)NC(CO)C(O)c2ccccc2)C1. The maximum absolute atomic E-state index is 12.3. The van der Waals surface area contributed by atoms with E-state index in [2.05, 4.69) is 17.6 Å². The first-order valence-electron chi connectivity index (χ1n) is 7.49. The van der Waals surface area contributed by atoms with E-state index in [4.69, 9.17) is 0 Å². The third-order valence-electron chi connectivity index (χ3n) is 4.03. The third kappa shape index (κ3) is 4.27. The molecule has 1 aliphatic rings. The van der Waals surface area contributed by atoms with Crippen LogP contribution < -0.4 is 10.6 Å². The lowest BCUT2D eigenvalue weighted by Gasteiger charge is -2.30. The summed E-state index contributed by atoms with van der Waals surface area (Å²) in [5, 5.41) is 25.7. The highest BCUT2D eigenvalue weighted by molar-refractivity contribution is 5.82. The van der Waals surface area contributed by atoms with Crippen molar-refractivity contribution in [2.24, 2.45) is 5.92 Å². The zero-order valence-corrected chi connectivity index (χ0v) is 12.3. The number of rotatable bonds is 5. The van der Waals surface area contributed by atoms with Gasteiger partial charge in [0.25, 0.3) is 0 Å². The van der Waals surface area contributed by atoms with Crippen LogP contribution in [0.15, 0.2) is 30.3 Å². The van der Waals surface area contributed by atoms with Crippen molar-refractivity contribution in [1.29, 1.82) is 0 Å². The van der Waals surface area contributed by atoms with Crippen LogP contribution in [0.4, 0.5) is 0 Å². The summed E-state index contributed by atoms with van der Waals surface area (Å²) >= 11 is 0. The highest BCUT2D eigenvalue weighted by Crippen LogP contribution is 2.18. The van der Waals surface area contributed by atoms with E-state index >= 15 is 0 Å². The van der Waals surface area contributed by atoms with Crippen molar-refractivity contribution < 1.29 is 15.0 Å². The minimum atomic E-state index is -0.916. The second kappa shape index (κ2) is 7.54.